The monoisotopic (exact) mass is 729 g/mol. The van der Waals surface area contributed by atoms with Gasteiger partial charge in [-0.05, 0) is 37.0 Å². The van der Waals surface area contributed by atoms with Gasteiger partial charge in [0.15, 0.2) is 0 Å². The van der Waals surface area contributed by atoms with Gasteiger partial charge in [0.1, 0.15) is 12.4 Å². The zero-order valence-corrected chi connectivity index (χ0v) is 31.3. The number of unbranched alkanes of at least 4 members (excludes halogenated alkanes) is 6. The molecule has 0 fully saturated rings. The normalized spacial score (nSPS) is 11.2. The summed E-state index contributed by atoms with van der Waals surface area (Å²) in [6.45, 7) is 11.1. The second-order valence-corrected chi connectivity index (χ2v) is 11.9. The number of carboxylic acid groups (broad SMARTS) is 1. The first-order valence-corrected chi connectivity index (χ1v) is 18.9. The van der Waals surface area contributed by atoms with Gasteiger partial charge in [-0.1, -0.05) is 57.6 Å². The van der Waals surface area contributed by atoms with Crippen molar-refractivity contribution in [3.8, 4) is 5.75 Å². The molecule has 0 aliphatic rings. The Kier molecular flexibility index (Phi) is 34.2. The predicted octanol–water partition coefficient (Wildman–Crippen LogP) is 4.86. The Morgan fingerprint density at radius 2 is 0.922 bits per heavy atom. The molecule has 0 unspecified atom stereocenters. The minimum absolute atomic E-state index is 0.00772. The summed E-state index contributed by atoms with van der Waals surface area (Å²) in [7, 11) is 0. The summed E-state index contributed by atoms with van der Waals surface area (Å²) >= 11 is 0. The summed E-state index contributed by atoms with van der Waals surface area (Å²) in [5.41, 5.74) is 1.37. The van der Waals surface area contributed by atoms with E-state index in [-0.39, 0.29) is 18.7 Å². The Morgan fingerprint density at radius 3 is 1.37 bits per heavy atom. The Hall–Kier alpha value is -2.36. The van der Waals surface area contributed by atoms with Crippen molar-refractivity contribution < 1.29 is 57.3 Å². The van der Waals surface area contributed by atoms with Crippen LogP contribution in [0.25, 0.3) is 0 Å². The Labute approximate surface area is 306 Å². The van der Waals surface area contributed by atoms with Gasteiger partial charge in [-0.25, -0.2) is 0 Å². The maximum Gasteiger partial charge on any atom is 0.303 e. The minimum atomic E-state index is -0.980. The molecule has 0 spiro atoms. The zero-order chi connectivity index (χ0) is 36.7. The quantitative estimate of drug-likeness (QED) is 0.0889. The third kappa shape index (κ3) is 34.5. The van der Waals surface area contributed by atoms with Crippen molar-refractivity contribution in [1.82, 2.24) is 5.32 Å². The van der Waals surface area contributed by atoms with E-state index in [1.165, 1.54) is 50.5 Å². The van der Waals surface area contributed by atoms with Crippen LogP contribution in [0.1, 0.15) is 76.7 Å². The molecule has 1 amide bonds. The molecule has 51 heavy (non-hydrogen) atoms. The number of rotatable bonds is 40. The molecule has 1 aromatic rings. The number of aryl methyl sites for hydroxylation is 1. The number of carboxylic acids is 1. The van der Waals surface area contributed by atoms with Crippen LogP contribution in [0.5, 0.6) is 5.75 Å². The van der Waals surface area contributed by atoms with Crippen LogP contribution in [-0.4, -0.2) is 136 Å². The highest BCUT2D eigenvalue weighted by Crippen LogP contribution is 2.15. The number of hydrogen-bond acceptors (Lipinski definition) is 11. The molecule has 0 aliphatic carbocycles. The Bertz CT molecular complexity index is 905. The van der Waals surface area contributed by atoms with E-state index < -0.39 is 5.97 Å². The van der Waals surface area contributed by atoms with E-state index in [1.54, 1.807) is 0 Å². The average molecular weight is 730 g/mol. The van der Waals surface area contributed by atoms with Crippen molar-refractivity contribution in [1.29, 1.82) is 0 Å². The number of benzene rings is 1. The third-order valence-electron chi connectivity index (χ3n) is 7.45. The molecule has 0 saturated carbocycles. The van der Waals surface area contributed by atoms with E-state index in [1.807, 2.05) is 12.1 Å². The van der Waals surface area contributed by atoms with Crippen molar-refractivity contribution in [2.45, 2.75) is 77.6 Å². The standard InChI is InChI=1S/C38H67NO12/c1-2-3-4-5-6-7-8-10-35-11-13-36(14-12-35)51-34-33-50-32-31-49-30-29-48-28-27-47-26-25-46-24-23-45-22-21-44-20-19-43-18-9-17-39-37(40)15-16-38(41)42/h11-14H,2-10,15-34H2,1H3,(H,39,40)(H,41,42). The first kappa shape index (κ1) is 46.7. The predicted molar refractivity (Wildman–Crippen MR) is 195 cm³/mol. The fraction of sp³-hybridized carbons (Fsp3) is 0.789. The number of hydrogen-bond donors (Lipinski definition) is 2. The van der Waals surface area contributed by atoms with E-state index in [4.69, 9.17) is 47.7 Å². The molecule has 2 N–H and O–H groups in total. The third-order valence-corrected chi connectivity index (χ3v) is 7.45. The highest BCUT2D eigenvalue weighted by atomic mass is 16.6. The minimum Gasteiger partial charge on any atom is -0.491 e. The van der Waals surface area contributed by atoms with Crippen LogP contribution in [0, 0.1) is 0 Å². The molecule has 0 aliphatic heterocycles. The first-order chi connectivity index (χ1) is 25.1. The molecule has 296 valence electrons. The van der Waals surface area contributed by atoms with Crippen LogP contribution < -0.4 is 10.1 Å². The summed E-state index contributed by atoms with van der Waals surface area (Å²) in [5, 5.41) is 11.2. The van der Waals surface area contributed by atoms with Crippen LogP contribution in [0.3, 0.4) is 0 Å². The molecule has 0 bridgehead atoms. The zero-order valence-electron chi connectivity index (χ0n) is 31.3. The number of carbonyl (C=O) groups excluding carboxylic acids is 1. The molecule has 0 heterocycles. The summed E-state index contributed by atoms with van der Waals surface area (Å²) in [5.74, 6) is -0.365. The summed E-state index contributed by atoms with van der Waals surface area (Å²) in [4.78, 5) is 21.8. The van der Waals surface area contributed by atoms with Crippen LogP contribution in [0.15, 0.2) is 24.3 Å². The summed E-state index contributed by atoms with van der Waals surface area (Å²) < 4.78 is 49.7. The van der Waals surface area contributed by atoms with Gasteiger partial charge in [-0.2, -0.15) is 0 Å². The number of carbonyl (C=O) groups is 2. The van der Waals surface area contributed by atoms with Gasteiger partial charge in [0.25, 0.3) is 0 Å². The lowest BCUT2D eigenvalue weighted by Gasteiger charge is -2.09. The van der Waals surface area contributed by atoms with Crippen molar-refractivity contribution in [3.05, 3.63) is 29.8 Å². The molecule has 0 atom stereocenters. The highest BCUT2D eigenvalue weighted by Gasteiger charge is 2.04. The topological polar surface area (TPSA) is 149 Å². The fourth-order valence-electron chi connectivity index (χ4n) is 4.61. The molecule has 1 rings (SSSR count). The Morgan fingerprint density at radius 1 is 0.510 bits per heavy atom. The number of amides is 1. The number of aliphatic carboxylic acids is 1. The molecule has 13 nitrogen and oxygen atoms in total. The van der Waals surface area contributed by atoms with Crippen LogP contribution in [-0.2, 0) is 53.9 Å². The summed E-state index contributed by atoms with van der Waals surface area (Å²) in [6, 6.07) is 8.43. The maximum atomic E-state index is 11.4. The van der Waals surface area contributed by atoms with E-state index in [0.29, 0.717) is 125 Å². The van der Waals surface area contributed by atoms with E-state index in [9.17, 15) is 9.59 Å². The lowest BCUT2D eigenvalue weighted by Crippen LogP contribution is -2.25. The van der Waals surface area contributed by atoms with Gasteiger partial charge in [0.2, 0.25) is 5.91 Å². The SMILES string of the molecule is CCCCCCCCCc1ccc(OCCOCCOCCOCCOCCOCCOCCOCCOCCCNC(=O)CCC(=O)O)cc1. The first-order valence-electron chi connectivity index (χ1n) is 18.9. The van der Waals surface area contributed by atoms with Crippen molar-refractivity contribution in [2.75, 3.05) is 119 Å². The molecule has 0 aromatic heterocycles. The smallest absolute Gasteiger partial charge is 0.303 e. The van der Waals surface area contributed by atoms with Crippen molar-refractivity contribution >= 4 is 11.9 Å². The van der Waals surface area contributed by atoms with Crippen molar-refractivity contribution in [2.24, 2.45) is 0 Å². The molecule has 0 saturated heterocycles. The van der Waals surface area contributed by atoms with Crippen molar-refractivity contribution in [3.63, 3.8) is 0 Å². The van der Waals surface area contributed by atoms with E-state index in [2.05, 4.69) is 24.4 Å². The highest BCUT2D eigenvalue weighted by molar-refractivity contribution is 5.80. The fourth-order valence-corrected chi connectivity index (χ4v) is 4.61. The molecule has 0 radical (unpaired) electrons. The van der Waals surface area contributed by atoms with Gasteiger partial charge < -0.3 is 53.1 Å². The summed E-state index contributed by atoms with van der Waals surface area (Å²) in [6.07, 6.45) is 11.0. The van der Waals surface area contributed by atoms with Gasteiger partial charge in [-0.15, -0.1) is 0 Å². The van der Waals surface area contributed by atoms with Gasteiger partial charge >= 0.3 is 5.97 Å². The van der Waals surface area contributed by atoms with Gasteiger partial charge in [-0.3, -0.25) is 9.59 Å². The second-order valence-electron chi connectivity index (χ2n) is 11.9. The lowest BCUT2D eigenvalue weighted by atomic mass is 10.0. The van der Waals surface area contributed by atoms with Crippen LogP contribution >= 0.6 is 0 Å². The number of ether oxygens (including phenoxy) is 9. The van der Waals surface area contributed by atoms with E-state index in [0.717, 1.165) is 12.2 Å². The van der Waals surface area contributed by atoms with Gasteiger partial charge in [0.05, 0.1) is 106 Å². The largest absolute Gasteiger partial charge is 0.491 e. The van der Waals surface area contributed by atoms with Gasteiger partial charge in [0, 0.05) is 19.6 Å². The van der Waals surface area contributed by atoms with Crippen LogP contribution in [0.2, 0.25) is 0 Å². The molecule has 1 aromatic carbocycles. The average Bonchev–Trinajstić information content (AvgIpc) is 3.13. The molecular weight excluding hydrogens is 662 g/mol. The molecular formula is C38H67NO12. The van der Waals surface area contributed by atoms with Crippen LogP contribution in [0.4, 0.5) is 0 Å². The Balaban J connectivity index is 1.71. The maximum absolute atomic E-state index is 11.4. The second kappa shape index (κ2) is 37.4. The lowest BCUT2D eigenvalue weighted by molar-refractivity contribution is -0.138. The molecule has 13 heteroatoms. The van der Waals surface area contributed by atoms with E-state index >= 15 is 0 Å². The number of nitrogens with one attached hydrogen (secondary N) is 1.